The molecule has 7 rings (SSSR count). The lowest BCUT2D eigenvalue weighted by Gasteiger charge is -2.21. The molecule has 138 valence electrons. The fraction of sp³-hybridized carbons (Fsp3) is 0.111. The van der Waals surface area contributed by atoms with E-state index in [2.05, 4.69) is 85.6 Å². The van der Waals surface area contributed by atoms with Crippen LogP contribution in [0.2, 0.25) is 0 Å². The third-order valence-corrected chi connectivity index (χ3v) is 6.79. The van der Waals surface area contributed by atoms with E-state index in [9.17, 15) is 0 Å². The number of rotatable bonds is 0. The van der Waals surface area contributed by atoms with E-state index >= 15 is 0 Å². The van der Waals surface area contributed by atoms with Crippen LogP contribution in [-0.2, 0) is 5.41 Å². The predicted octanol–water partition coefficient (Wildman–Crippen LogP) is 7.53. The van der Waals surface area contributed by atoms with Gasteiger partial charge in [-0.2, -0.15) is 0 Å². The molecule has 0 aliphatic heterocycles. The minimum atomic E-state index is -0.120. The van der Waals surface area contributed by atoms with Gasteiger partial charge < -0.3 is 9.40 Å². The van der Waals surface area contributed by atoms with Gasteiger partial charge in [-0.05, 0) is 41.0 Å². The Morgan fingerprint density at radius 2 is 1.52 bits per heavy atom. The second-order valence-corrected chi connectivity index (χ2v) is 8.67. The van der Waals surface area contributed by atoms with Crippen LogP contribution in [-0.4, -0.2) is 4.98 Å². The number of H-pyrrole nitrogens is 1. The minimum Gasteiger partial charge on any atom is -0.456 e. The molecule has 0 radical (unpaired) electrons. The molecule has 4 aromatic carbocycles. The molecule has 1 aliphatic rings. The Kier molecular flexibility index (Phi) is 2.60. The van der Waals surface area contributed by atoms with Crippen LogP contribution < -0.4 is 0 Å². The van der Waals surface area contributed by atoms with E-state index in [0.717, 1.165) is 11.2 Å². The van der Waals surface area contributed by atoms with Gasteiger partial charge in [0.05, 0.1) is 0 Å². The first-order valence-corrected chi connectivity index (χ1v) is 10.1. The fourth-order valence-corrected chi connectivity index (χ4v) is 5.49. The van der Waals surface area contributed by atoms with Crippen molar-refractivity contribution < 1.29 is 4.42 Å². The summed E-state index contributed by atoms with van der Waals surface area (Å²) in [6.07, 6.45) is 0. The number of furan rings is 1. The molecule has 0 amide bonds. The average molecular weight is 373 g/mol. The van der Waals surface area contributed by atoms with Crippen LogP contribution in [0.15, 0.2) is 77.2 Å². The van der Waals surface area contributed by atoms with Crippen LogP contribution >= 0.6 is 0 Å². The monoisotopic (exact) mass is 373 g/mol. The van der Waals surface area contributed by atoms with Crippen molar-refractivity contribution >= 4 is 43.7 Å². The number of aromatic amines is 1. The molecule has 0 unspecified atom stereocenters. The summed E-state index contributed by atoms with van der Waals surface area (Å²) < 4.78 is 6.44. The molecule has 2 heteroatoms. The lowest BCUT2D eigenvalue weighted by atomic mass is 9.81. The second-order valence-electron chi connectivity index (χ2n) is 8.67. The highest BCUT2D eigenvalue weighted by molar-refractivity contribution is 6.18. The molecule has 2 heterocycles. The zero-order chi connectivity index (χ0) is 19.3. The van der Waals surface area contributed by atoms with Crippen LogP contribution in [0.5, 0.6) is 0 Å². The van der Waals surface area contributed by atoms with Gasteiger partial charge in [0.25, 0.3) is 0 Å². The van der Waals surface area contributed by atoms with E-state index in [1.807, 2.05) is 6.07 Å². The summed E-state index contributed by atoms with van der Waals surface area (Å²) >= 11 is 0. The number of para-hydroxylation sites is 2. The number of nitrogens with one attached hydrogen (secondary N) is 1. The van der Waals surface area contributed by atoms with Crippen LogP contribution in [0.4, 0.5) is 0 Å². The van der Waals surface area contributed by atoms with Crippen LogP contribution in [0.1, 0.15) is 25.0 Å². The zero-order valence-corrected chi connectivity index (χ0v) is 16.3. The Bertz CT molecular complexity index is 1630. The zero-order valence-electron chi connectivity index (χ0n) is 16.3. The van der Waals surface area contributed by atoms with Gasteiger partial charge in [-0.1, -0.05) is 62.4 Å². The summed E-state index contributed by atoms with van der Waals surface area (Å²) in [6, 6.07) is 26.0. The van der Waals surface area contributed by atoms with E-state index in [4.69, 9.17) is 4.42 Å². The van der Waals surface area contributed by atoms with E-state index in [0.29, 0.717) is 0 Å². The van der Waals surface area contributed by atoms with Crippen molar-refractivity contribution in [2.45, 2.75) is 19.3 Å². The van der Waals surface area contributed by atoms with Crippen molar-refractivity contribution in [1.82, 2.24) is 4.98 Å². The molecule has 0 spiro atoms. The number of aromatic nitrogens is 1. The van der Waals surface area contributed by atoms with Gasteiger partial charge in [0.2, 0.25) is 0 Å². The average Bonchev–Trinajstić information content (AvgIpc) is 3.36. The third-order valence-electron chi connectivity index (χ3n) is 6.79. The quantitative estimate of drug-likeness (QED) is 0.293. The fourth-order valence-electron chi connectivity index (χ4n) is 5.49. The van der Waals surface area contributed by atoms with Gasteiger partial charge in [0.1, 0.15) is 11.2 Å². The molecule has 0 saturated carbocycles. The molecule has 0 fully saturated rings. The van der Waals surface area contributed by atoms with Crippen molar-refractivity contribution in [1.29, 1.82) is 0 Å². The van der Waals surface area contributed by atoms with Crippen molar-refractivity contribution in [2.24, 2.45) is 0 Å². The topological polar surface area (TPSA) is 28.9 Å². The maximum absolute atomic E-state index is 6.44. The lowest BCUT2D eigenvalue weighted by Crippen LogP contribution is -2.15. The van der Waals surface area contributed by atoms with Crippen LogP contribution in [0.3, 0.4) is 0 Å². The van der Waals surface area contributed by atoms with Gasteiger partial charge >= 0.3 is 0 Å². The third kappa shape index (κ3) is 1.73. The first-order valence-electron chi connectivity index (χ1n) is 10.1. The van der Waals surface area contributed by atoms with Gasteiger partial charge in [-0.3, -0.25) is 0 Å². The standard InChI is InChI=1S/C27H19NO/c1-27(2)19-13-14-21-24(17-8-3-5-9-20(17)28-21)23(19)18-12-11-16-15-7-4-6-10-22(15)29-26(16)25(18)27/h3-14,28H,1-2H3. The number of hydrogen-bond donors (Lipinski definition) is 1. The molecule has 2 aromatic heterocycles. The largest absolute Gasteiger partial charge is 0.456 e. The lowest BCUT2D eigenvalue weighted by molar-refractivity contribution is 0.620. The number of hydrogen-bond acceptors (Lipinski definition) is 1. The van der Waals surface area contributed by atoms with E-state index in [-0.39, 0.29) is 5.41 Å². The molecule has 0 atom stereocenters. The molecule has 1 N–H and O–H groups in total. The maximum atomic E-state index is 6.44. The van der Waals surface area contributed by atoms with E-state index in [1.165, 1.54) is 54.8 Å². The Balaban J connectivity index is 1.70. The molecule has 6 aromatic rings. The molecule has 0 saturated heterocycles. The highest BCUT2D eigenvalue weighted by Crippen LogP contribution is 2.55. The summed E-state index contributed by atoms with van der Waals surface area (Å²) in [7, 11) is 0. The highest BCUT2D eigenvalue weighted by Gasteiger charge is 2.39. The Morgan fingerprint density at radius 1 is 0.724 bits per heavy atom. The Labute approximate surface area is 167 Å². The van der Waals surface area contributed by atoms with Crippen molar-refractivity contribution in [3.8, 4) is 11.1 Å². The maximum Gasteiger partial charge on any atom is 0.140 e. The highest BCUT2D eigenvalue weighted by atomic mass is 16.3. The molecule has 2 nitrogen and oxygen atoms in total. The van der Waals surface area contributed by atoms with Gasteiger partial charge in [0, 0.05) is 43.6 Å². The Hall–Kier alpha value is -3.52. The summed E-state index contributed by atoms with van der Waals surface area (Å²) in [4.78, 5) is 3.60. The normalized spacial score (nSPS) is 14.8. The molecular formula is C27H19NO. The van der Waals surface area contributed by atoms with Crippen molar-refractivity contribution in [3.63, 3.8) is 0 Å². The summed E-state index contributed by atoms with van der Waals surface area (Å²) in [5.41, 5.74) is 9.57. The first kappa shape index (κ1) is 15.4. The van der Waals surface area contributed by atoms with Crippen molar-refractivity contribution in [2.75, 3.05) is 0 Å². The molecular weight excluding hydrogens is 354 g/mol. The predicted molar refractivity (Wildman–Crippen MR) is 121 cm³/mol. The van der Waals surface area contributed by atoms with Crippen LogP contribution in [0.25, 0.3) is 54.9 Å². The first-order chi connectivity index (χ1) is 14.1. The van der Waals surface area contributed by atoms with E-state index in [1.54, 1.807) is 0 Å². The molecule has 1 aliphatic carbocycles. The summed E-state index contributed by atoms with van der Waals surface area (Å²) in [5, 5.41) is 5.00. The van der Waals surface area contributed by atoms with Crippen molar-refractivity contribution in [3.05, 3.63) is 83.9 Å². The SMILES string of the molecule is CC1(C)c2ccc3[nH]c4ccccc4c3c2-c2ccc3c(oc4ccccc43)c21. The minimum absolute atomic E-state index is 0.120. The smallest absolute Gasteiger partial charge is 0.140 e. The van der Waals surface area contributed by atoms with Gasteiger partial charge in [0.15, 0.2) is 0 Å². The van der Waals surface area contributed by atoms with E-state index < -0.39 is 0 Å². The summed E-state index contributed by atoms with van der Waals surface area (Å²) in [5.74, 6) is 0. The summed E-state index contributed by atoms with van der Waals surface area (Å²) in [6.45, 7) is 4.65. The van der Waals surface area contributed by atoms with Gasteiger partial charge in [-0.25, -0.2) is 0 Å². The second kappa shape index (κ2) is 4.90. The Morgan fingerprint density at radius 3 is 2.41 bits per heavy atom. The molecule has 0 bridgehead atoms. The number of fused-ring (bicyclic) bond motifs is 11. The molecule has 29 heavy (non-hydrogen) atoms. The number of benzene rings is 4. The van der Waals surface area contributed by atoms with Crippen LogP contribution in [0, 0.1) is 0 Å². The van der Waals surface area contributed by atoms with Gasteiger partial charge in [-0.15, -0.1) is 0 Å².